The van der Waals surface area contributed by atoms with E-state index in [-0.39, 0.29) is 0 Å². The van der Waals surface area contributed by atoms with Gasteiger partial charge in [-0.3, -0.25) is 0 Å². The van der Waals surface area contributed by atoms with Crippen molar-refractivity contribution in [3.63, 3.8) is 0 Å². The van der Waals surface area contributed by atoms with Gasteiger partial charge in [0.1, 0.15) is 0 Å². The van der Waals surface area contributed by atoms with E-state index in [1.54, 1.807) is 22.3 Å². The van der Waals surface area contributed by atoms with E-state index < -0.39 is 0 Å². The third kappa shape index (κ3) is 1.36. The molecule has 0 aromatic heterocycles. The lowest BCUT2D eigenvalue weighted by Gasteiger charge is -2.18. The van der Waals surface area contributed by atoms with Gasteiger partial charge in [-0.05, 0) is 43.3 Å². The highest BCUT2D eigenvalue weighted by molar-refractivity contribution is 5.55. The van der Waals surface area contributed by atoms with Gasteiger partial charge in [-0.2, -0.15) is 0 Å². The van der Waals surface area contributed by atoms with Gasteiger partial charge in [-0.25, -0.2) is 0 Å². The summed E-state index contributed by atoms with van der Waals surface area (Å²) in [7, 11) is 0. The number of rotatable bonds is 2. The van der Waals surface area contributed by atoms with Gasteiger partial charge in [0.25, 0.3) is 0 Å². The second kappa shape index (κ2) is 3.93. The van der Waals surface area contributed by atoms with Crippen molar-refractivity contribution < 1.29 is 0 Å². The summed E-state index contributed by atoms with van der Waals surface area (Å²) in [6, 6.07) is 0. The number of allylic oxidation sites excluding steroid dienone is 9. The van der Waals surface area contributed by atoms with E-state index in [1.165, 1.54) is 12.8 Å². The van der Waals surface area contributed by atoms with Crippen LogP contribution in [0.2, 0.25) is 0 Å². The molecule has 0 atom stereocenters. The third-order valence-corrected chi connectivity index (χ3v) is 4.04. The zero-order valence-corrected chi connectivity index (χ0v) is 9.71. The zero-order valence-electron chi connectivity index (χ0n) is 9.71. The average molecular weight is 210 g/mol. The van der Waals surface area contributed by atoms with E-state index in [0.717, 1.165) is 19.3 Å². The Balaban J connectivity index is 2.00. The van der Waals surface area contributed by atoms with Crippen LogP contribution < -0.4 is 0 Å². The maximum absolute atomic E-state index is 3.92. The van der Waals surface area contributed by atoms with Crippen LogP contribution in [0.25, 0.3) is 0 Å². The lowest BCUT2D eigenvalue weighted by atomic mass is 9.86. The summed E-state index contributed by atoms with van der Waals surface area (Å²) in [4.78, 5) is 0. The van der Waals surface area contributed by atoms with Crippen molar-refractivity contribution in [3.05, 3.63) is 59.3 Å². The van der Waals surface area contributed by atoms with Crippen LogP contribution in [0, 0.1) is 5.92 Å². The van der Waals surface area contributed by atoms with Crippen LogP contribution in [0.15, 0.2) is 59.3 Å². The number of fused-ring (bicyclic) bond motifs is 1. The Labute approximate surface area is 97.7 Å². The lowest BCUT2D eigenvalue weighted by Crippen LogP contribution is -2.05. The molecule has 0 N–H and O–H groups in total. The van der Waals surface area contributed by atoms with E-state index in [4.69, 9.17) is 0 Å². The quantitative estimate of drug-likeness (QED) is 0.589. The number of hydrogen-bond acceptors (Lipinski definition) is 0. The second-order valence-electron chi connectivity index (χ2n) is 4.84. The Morgan fingerprint density at radius 3 is 1.94 bits per heavy atom. The average Bonchev–Trinajstić information content (AvgIpc) is 2.66. The fraction of sp³-hybridized carbons (Fsp3) is 0.375. The Hall–Kier alpha value is -1.30. The molecule has 0 saturated carbocycles. The second-order valence-corrected chi connectivity index (χ2v) is 4.84. The Morgan fingerprint density at radius 1 is 0.938 bits per heavy atom. The molecule has 0 radical (unpaired) electrons. The molecule has 0 bridgehead atoms. The minimum atomic E-state index is 0.678. The molecule has 3 aliphatic rings. The highest BCUT2D eigenvalue weighted by Gasteiger charge is 2.32. The van der Waals surface area contributed by atoms with Crippen molar-refractivity contribution in [1.82, 2.24) is 0 Å². The first kappa shape index (κ1) is 9.89. The van der Waals surface area contributed by atoms with Crippen LogP contribution >= 0.6 is 0 Å². The molecule has 3 rings (SSSR count). The van der Waals surface area contributed by atoms with Gasteiger partial charge < -0.3 is 0 Å². The Kier molecular flexibility index (Phi) is 2.43. The van der Waals surface area contributed by atoms with Gasteiger partial charge in [0, 0.05) is 5.92 Å². The van der Waals surface area contributed by atoms with Crippen LogP contribution in [0.5, 0.6) is 0 Å². The van der Waals surface area contributed by atoms with Crippen LogP contribution in [-0.2, 0) is 0 Å². The molecule has 0 unspecified atom stereocenters. The van der Waals surface area contributed by atoms with E-state index in [2.05, 4.69) is 37.0 Å². The molecule has 0 spiro atoms. The maximum atomic E-state index is 3.92. The van der Waals surface area contributed by atoms with Crippen LogP contribution in [0.1, 0.15) is 32.1 Å². The SMILES string of the molecule is C=CCC1C2=C(CC=CC2)C2=C1CC=CC2. The van der Waals surface area contributed by atoms with Crippen molar-refractivity contribution in [3.8, 4) is 0 Å². The molecule has 0 amide bonds. The van der Waals surface area contributed by atoms with Crippen molar-refractivity contribution in [2.24, 2.45) is 5.92 Å². The molecule has 0 saturated heterocycles. The molecule has 16 heavy (non-hydrogen) atoms. The monoisotopic (exact) mass is 210 g/mol. The smallest absolute Gasteiger partial charge is 0.00596 e. The molecular weight excluding hydrogens is 192 g/mol. The maximum Gasteiger partial charge on any atom is 0.00596 e. The van der Waals surface area contributed by atoms with E-state index in [1.807, 2.05) is 0 Å². The van der Waals surface area contributed by atoms with Gasteiger partial charge in [-0.15, -0.1) is 6.58 Å². The molecule has 82 valence electrons. The molecule has 0 aromatic carbocycles. The molecule has 0 nitrogen and oxygen atoms in total. The molecule has 3 aliphatic carbocycles. The highest BCUT2D eigenvalue weighted by atomic mass is 14.4. The molecule has 0 heterocycles. The molecule has 0 aliphatic heterocycles. The largest absolute Gasteiger partial charge is 0.103 e. The lowest BCUT2D eigenvalue weighted by molar-refractivity contribution is 0.698. The zero-order chi connectivity index (χ0) is 11.0. The first-order valence-corrected chi connectivity index (χ1v) is 6.27. The van der Waals surface area contributed by atoms with Crippen LogP contribution in [0.3, 0.4) is 0 Å². The first-order chi connectivity index (χ1) is 7.92. The minimum absolute atomic E-state index is 0.678. The fourth-order valence-electron chi connectivity index (χ4n) is 3.33. The van der Waals surface area contributed by atoms with Crippen molar-refractivity contribution in [2.45, 2.75) is 32.1 Å². The summed E-state index contributed by atoms with van der Waals surface area (Å²) in [5, 5.41) is 0. The van der Waals surface area contributed by atoms with Gasteiger partial charge in [0.05, 0.1) is 0 Å². The van der Waals surface area contributed by atoms with Gasteiger partial charge >= 0.3 is 0 Å². The Morgan fingerprint density at radius 2 is 1.44 bits per heavy atom. The summed E-state index contributed by atoms with van der Waals surface area (Å²) in [5.41, 5.74) is 6.70. The predicted molar refractivity (Wildman–Crippen MR) is 69.1 cm³/mol. The van der Waals surface area contributed by atoms with Crippen LogP contribution in [-0.4, -0.2) is 0 Å². The van der Waals surface area contributed by atoms with Gasteiger partial charge in [0.2, 0.25) is 0 Å². The van der Waals surface area contributed by atoms with Crippen LogP contribution in [0.4, 0.5) is 0 Å². The molecule has 0 aromatic rings. The van der Waals surface area contributed by atoms with Crippen molar-refractivity contribution >= 4 is 0 Å². The standard InChI is InChI=1S/C16H18/c1-2-7-12-13-8-3-5-10-15(13)16-11-6-4-9-14(12)16/h2-6,12H,1,7-11H2. The highest BCUT2D eigenvalue weighted by Crippen LogP contribution is 2.48. The normalized spacial score (nSPS) is 23.8. The summed E-state index contributed by atoms with van der Waals surface area (Å²) in [5.74, 6) is 0.678. The molecular formula is C16H18. The fourth-order valence-corrected chi connectivity index (χ4v) is 3.33. The summed E-state index contributed by atoms with van der Waals surface area (Å²) >= 11 is 0. The van der Waals surface area contributed by atoms with Gasteiger partial charge in [0.15, 0.2) is 0 Å². The van der Waals surface area contributed by atoms with Crippen molar-refractivity contribution in [2.75, 3.05) is 0 Å². The van der Waals surface area contributed by atoms with E-state index in [0.29, 0.717) is 5.92 Å². The topological polar surface area (TPSA) is 0 Å². The van der Waals surface area contributed by atoms with E-state index >= 15 is 0 Å². The first-order valence-electron chi connectivity index (χ1n) is 6.27. The molecule has 0 heteroatoms. The molecule has 0 fully saturated rings. The predicted octanol–water partition coefficient (Wildman–Crippen LogP) is 4.49. The summed E-state index contributed by atoms with van der Waals surface area (Å²) < 4.78 is 0. The Bertz CT molecular complexity index is 403. The van der Waals surface area contributed by atoms with Crippen molar-refractivity contribution in [1.29, 1.82) is 0 Å². The third-order valence-electron chi connectivity index (χ3n) is 4.04. The summed E-state index contributed by atoms with van der Waals surface area (Å²) in [6.07, 6.45) is 17.2. The summed E-state index contributed by atoms with van der Waals surface area (Å²) in [6.45, 7) is 3.92. The number of hydrogen-bond donors (Lipinski definition) is 0. The van der Waals surface area contributed by atoms with E-state index in [9.17, 15) is 0 Å². The van der Waals surface area contributed by atoms with Gasteiger partial charge in [-0.1, -0.05) is 41.5 Å². The minimum Gasteiger partial charge on any atom is -0.103 e.